The molecule has 0 radical (unpaired) electrons. The van der Waals surface area contributed by atoms with E-state index in [2.05, 4.69) is 0 Å². The number of amides is 3. The van der Waals surface area contributed by atoms with Crippen LogP contribution in [0.5, 0.6) is 0 Å². The minimum atomic E-state index is -0.710. The predicted molar refractivity (Wildman–Crippen MR) is 104 cm³/mol. The number of rotatable bonds is 6. The van der Waals surface area contributed by atoms with Gasteiger partial charge >= 0.3 is 11.9 Å². The lowest BCUT2D eigenvalue weighted by atomic mass is 10.0. The molecule has 3 rings (SSSR count). The Balaban J connectivity index is 1.58. The standard InChI is InChI=1S/C21H24N2O7/c1-2-29-21(28)16-5-3-4-12-22(16)19(26)13-30-20(27)14-6-8-15(9-7-14)23-17(24)10-11-18(23)25/h6-9,16H,2-5,10-13H2,1H3. The Morgan fingerprint density at radius 3 is 2.30 bits per heavy atom. The Hall–Kier alpha value is -3.23. The molecule has 1 atom stereocenters. The highest BCUT2D eigenvalue weighted by molar-refractivity contribution is 6.19. The van der Waals surface area contributed by atoms with E-state index in [0.717, 1.165) is 17.7 Å². The number of benzene rings is 1. The first-order chi connectivity index (χ1) is 14.4. The van der Waals surface area contributed by atoms with Crippen molar-refractivity contribution in [1.29, 1.82) is 0 Å². The van der Waals surface area contributed by atoms with E-state index >= 15 is 0 Å². The first-order valence-corrected chi connectivity index (χ1v) is 10.0. The molecule has 0 spiro atoms. The van der Waals surface area contributed by atoms with Crippen LogP contribution in [0.15, 0.2) is 24.3 Å². The third-order valence-electron chi connectivity index (χ3n) is 5.12. The molecule has 0 saturated carbocycles. The summed E-state index contributed by atoms with van der Waals surface area (Å²) in [7, 11) is 0. The highest BCUT2D eigenvalue weighted by atomic mass is 16.5. The van der Waals surface area contributed by atoms with Gasteiger partial charge in [0.15, 0.2) is 6.61 Å². The molecule has 2 aliphatic heterocycles. The van der Waals surface area contributed by atoms with E-state index in [0.29, 0.717) is 18.7 Å². The maximum absolute atomic E-state index is 12.5. The molecule has 0 aromatic heterocycles. The number of esters is 2. The number of imide groups is 1. The largest absolute Gasteiger partial charge is 0.464 e. The minimum Gasteiger partial charge on any atom is -0.464 e. The summed E-state index contributed by atoms with van der Waals surface area (Å²) in [5, 5.41) is 0. The number of anilines is 1. The summed E-state index contributed by atoms with van der Waals surface area (Å²) in [5.41, 5.74) is 0.576. The van der Waals surface area contributed by atoms with Crippen molar-refractivity contribution < 1.29 is 33.4 Å². The van der Waals surface area contributed by atoms with E-state index in [1.807, 2.05) is 0 Å². The van der Waals surface area contributed by atoms with E-state index in [9.17, 15) is 24.0 Å². The fourth-order valence-electron chi connectivity index (χ4n) is 3.62. The van der Waals surface area contributed by atoms with Gasteiger partial charge in [-0.3, -0.25) is 19.3 Å². The Kier molecular flexibility index (Phi) is 6.81. The van der Waals surface area contributed by atoms with E-state index < -0.39 is 30.5 Å². The van der Waals surface area contributed by atoms with Gasteiger partial charge in [-0.15, -0.1) is 0 Å². The number of ether oxygens (including phenoxy) is 2. The summed E-state index contributed by atoms with van der Waals surface area (Å²) >= 11 is 0. The molecule has 0 aliphatic carbocycles. The van der Waals surface area contributed by atoms with Crippen LogP contribution < -0.4 is 4.90 Å². The molecule has 3 amide bonds. The van der Waals surface area contributed by atoms with Crippen molar-refractivity contribution in [3.05, 3.63) is 29.8 Å². The van der Waals surface area contributed by atoms with Crippen molar-refractivity contribution in [3.63, 3.8) is 0 Å². The molecule has 9 nitrogen and oxygen atoms in total. The lowest BCUT2D eigenvalue weighted by Crippen LogP contribution is -2.50. The van der Waals surface area contributed by atoms with Gasteiger partial charge in [0.2, 0.25) is 11.8 Å². The van der Waals surface area contributed by atoms with Gasteiger partial charge in [0.25, 0.3) is 5.91 Å². The zero-order chi connectivity index (χ0) is 21.7. The van der Waals surface area contributed by atoms with Crippen molar-refractivity contribution in [2.75, 3.05) is 24.7 Å². The van der Waals surface area contributed by atoms with Crippen LogP contribution in [0.4, 0.5) is 5.69 Å². The van der Waals surface area contributed by atoms with Crippen molar-refractivity contribution >= 4 is 35.3 Å². The van der Waals surface area contributed by atoms with Gasteiger partial charge in [-0.05, 0) is 50.5 Å². The molecule has 0 N–H and O–H groups in total. The predicted octanol–water partition coefficient (Wildman–Crippen LogP) is 1.44. The molecule has 1 aromatic carbocycles. The number of likely N-dealkylation sites (tertiary alicyclic amines) is 1. The maximum atomic E-state index is 12.5. The van der Waals surface area contributed by atoms with Crippen LogP contribution in [0.1, 0.15) is 49.4 Å². The van der Waals surface area contributed by atoms with Crippen LogP contribution >= 0.6 is 0 Å². The van der Waals surface area contributed by atoms with Crippen LogP contribution in [0.2, 0.25) is 0 Å². The summed E-state index contributed by atoms with van der Waals surface area (Å²) in [6, 6.07) is 5.19. The summed E-state index contributed by atoms with van der Waals surface area (Å²) in [5.74, 6) is -2.17. The molecule has 30 heavy (non-hydrogen) atoms. The normalized spacial score (nSPS) is 19.0. The van der Waals surface area contributed by atoms with Crippen molar-refractivity contribution in [3.8, 4) is 0 Å². The first kappa shape index (κ1) is 21.5. The minimum absolute atomic E-state index is 0.175. The fourth-order valence-corrected chi connectivity index (χ4v) is 3.62. The second kappa shape index (κ2) is 9.51. The summed E-state index contributed by atoms with van der Waals surface area (Å²) in [4.78, 5) is 62.9. The average molecular weight is 416 g/mol. The van der Waals surface area contributed by atoms with Crippen LogP contribution in [0, 0.1) is 0 Å². The lowest BCUT2D eigenvalue weighted by Gasteiger charge is -2.33. The van der Waals surface area contributed by atoms with Gasteiger partial charge < -0.3 is 14.4 Å². The Morgan fingerprint density at radius 2 is 1.67 bits per heavy atom. The Bertz CT molecular complexity index is 833. The Labute approximate surface area is 173 Å². The lowest BCUT2D eigenvalue weighted by molar-refractivity contribution is -0.157. The zero-order valence-electron chi connectivity index (χ0n) is 16.8. The molecule has 2 saturated heterocycles. The second-order valence-corrected chi connectivity index (χ2v) is 7.10. The quantitative estimate of drug-likeness (QED) is 0.510. The van der Waals surface area contributed by atoms with Crippen LogP contribution in [0.25, 0.3) is 0 Å². The Morgan fingerprint density at radius 1 is 1.00 bits per heavy atom. The van der Waals surface area contributed by atoms with Crippen molar-refractivity contribution in [2.45, 2.75) is 45.1 Å². The van der Waals surface area contributed by atoms with Gasteiger partial charge in [0.1, 0.15) is 6.04 Å². The second-order valence-electron chi connectivity index (χ2n) is 7.10. The van der Waals surface area contributed by atoms with Gasteiger partial charge in [-0.1, -0.05) is 0 Å². The molecule has 160 valence electrons. The number of carbonyl (C=O) groups excluding carboxylic acids is 5. The fraction of sp³-hybridized carbons (Fsp3) is 0.476. The van der Waals surface area contributed by atoms with Gasteiger partial charge in [0, 0.05) is 19.4 Å². The zero-order valence-corrected chi connectivity index (χ0v) is 16.8. The van der Waals surface area contributed by atoms with Crippen LogP contribution in [-0.4, -0.2) is 60.4 Å². The number of hydrogen-bond acceptors (Lipinski definition) is 7. The highest BCUT2D eigenvalue weighted by Gasteiger charge is 2.34. The van der Waals surface area contributed by atoms with E-state index in [-0.39, 0.29) is 36.8 Å². The number of hydrogen-bond donors (Lipinski definition) is 0. The maximum Gasteiger partial charge on any atom is 0.338 e. The number of nitrogens with zero attached hydrogens (tertiary/aromatic N) is 2. The van der Waals surface area contributed by atoms with Crippen LogP contribution in [0.3, 0.4) is 0 Å². The molecule has 2 aliphatic rings. The van der Waals surface area contributed by atoms with Crippen molar-refractivity contribution in [2.24, 2.45) is 0 Å². The van der Waals surface area contributed by atoms with Crippen LogP contribution in [-0.2, 0) is 28.7 Å². The van der Waals surface area contributed by atoms with Crippen molar-refractivity contribution in [1.82, 2.24) is 4.90 Å². The number of piperidine rings is 1. The number of carbonyl (C=O) groups is 5. The third-order valence-corrected chi connectivity index (χ3v) is 5.12. The molecule has 2 heterocycles. The molecule has 0 bridgehead atoms. The topological polar surface area (TPSA) is 110 Å². The van der Waals surface area contributed by atoms with Gasteiger partial charge in [-0.25, -0.2) is 9.59 Å². The smallest absolute Gasteiger partial charge is 0.338 e. The highest BCUT2D eigenvalue weighted by Crippen LogP contribution is 2.23. The molecular weight excluding hydrogens is 392 g/mol. The van der Waals surface area contributed by atoms with E-state index in [1.165, 1.54) is 29.2 Å². The summed E-state index contributed by atoms with van der Waals surface area (Å²) in [6.45, 7) is 1.86. The third kappa shape index (κ3) is 4.67. The van der Waals surface area contributed by atoms with Gasteiger partial charge in [0.05, 0.1) is 17.9 Å². The summed E-state index contributed by atoms with van der Waals surface area (Å²) in [6.07, 6.45) is 2.46. The molecule has 9 heteroatoms. The first-order valence-electron chi connectivity index (χ1n) is 10.0. The molecule has 1 unspecified atom stereocenters. The van der Waals surface area contributed by atoms with E-state index in [1.54, 1.807) is 6.92 Å². The molecule has 2 fully saturated rings. The van der Waals surface area contributed by atoms with E-state index in [4.69, 9.17) is 9.47 Å². The van der Waals surface area contributed by atoms with Gasteiger partial charge in [-0.2, -0.15) is 0 Å². The monoisotopic (exact) mass is 416 g/mol. The molecular formula is C21H24N2O7. The SMILES string of the molecule is CCOC(=O)C1CCCCN1C(=O)COC(=O)c1ccc(N2C(=O)CCC2=O)cc1. The molecule has 1 aromatic rings. The average Bonchev–Trinajstić information content (AvgIpc) is 3.10. The summed E-state index contributed by atoms with van der Waals surface area (Å²) < 4.78 is 10.1.